The van der Waals surface area contributed by atoms with Crippen molar-refractivity contribution in [1.82, 2.24) is 9.80 Å². The topological polar surface area (TPSA) is 107 Å². The minimum atomic E-state index is -5.08. The summed E-state index contributed by atoms with van der Waals surface area (Å²) < 4.78 is 74.2. The van der Waals surface area contributed by atoms with Crippen LogP contribution in [0.25, 0.3) is 0 Å². The smallest absolute Gasteiger partial charge is 0.475 e. The first-order chi connectivity index (χ1) is 17.1. The molecule has 4 rings (SSSR count). The van der Waals surface area contributed by atoms with Crippen molar-refractivity contribution in [3.63, 3.8) is 0 Å². The summed E-state index contributed by atoms with van der Waals surface area (Å²) in [6.07, 6.45) is 0.600. The van der Waals surface area contributed by atoms with Gasteiger partial charge in [-0.3, -0.25) is 9.80 Å². The maximum atomic E-state index is 10.6. The highest BCUT2D eigenvalue weighted by molar-refractivity contribution is 5.73. The van der Waals surface area contributed by atoms with E-state index in [0.717, 1.165) is 18.8 Å². The van der Waals surface area contributed by atoms with Gasteiger partial charge in [-0.05, 0) is 69.4 Å². The number of nitrogens with zero attached hydrogens (tertiary/aromatic N) is 2. The molecule has 2 aromatic heterocycles. The van der Waals surface area contributed by atoms with Gasteiger partial charge in [-0.25, -0.2) is 9.59 Å². The van der Waals surface area contributed by atoms with Crippen molar-refractivity contribution in [2.24, 2.45) is 5.41 Å². The summed E-state index contributed by atoms with van der Waals surface area (Å²) in [6.45, 7) is 4.37. The molecule has 0 bridgehead atoms. The Kier molecular flexibility index (Phi) is 10.2. The maximum absolute atomic E-state index is 10.6. The van der Waals surface area contributed by atoms with Crippen molar-refractivity contribution in [2.75, 3.05) is 20.1 Å². The summed E-state index contributed by atoms with van der Waals surface area (Å²) in [4.78, 5) is 22.9. The van der Waals surface area contributed by atoms with Gasteiger partial charge >= 0.3 is 24.3 Å². The molecule has 14 heteroatoms. The van der Waals surface area contributed by atoms with Gasteiger partial charge in [0.2, 0.25) is 0 Å². The molecule has 37 heavy (non-hydrogen) atoms. The van der Waals surface area contributed by atoms with Gasteiger partial charge in [0.15, 0.2) is 0 Å². The summed E-state index contributed by atoms with van der Waals surface area (Å²) in [7, 11) is 2.26. The molecule has 1 saturated heterocycles. The normalized spacial score (nSPS) is 19.3. The van der Waals surface area contributed by atoms with Crippen molar-refractivity contribution in [1.29, 1.82) is 0 Å². The fraction of sp³-hybridized carbons (Fsp3) is 0.565. The number of hydrogen-bond acceptors (Lipinski definition) is 6. The zero-order chi connectivity index (χ0) is 27.9. The molecule has 8 nitrogen and oxygen atoms in total. The Morgan fingerprint density at radius 3 is 1.97 bits per heavy atom. The van der Waals surface area contributed by atoms with Gasteiger partial charge in [0.25, 0.3) is 0 Å². The van der Waals surface area contributed by atoms with Crippen LogP contribution in [0.15, 0.2) is 45.8 Å². The van der Waals surface area contributed by atoms with Gasteiger partial charge < -0.3 is 19.0 Å². The van der Waals surface area contributed by atoms with Crippen LogP contribution in [-0.4, -0.2) is 70.5 Å². The number of hydrogen-bond donors (Lipinski definition) is 2. The van der Waals surface area contributed by atoms with Crippen molar-refractivity contribution in [3.05, 3.63) is 48.3 Å². The average molecular weight is 542 g/mol. The van der Waals surface area contributed by atoms with Crippen LogP contribution in [0.3, 0.4) is 0 Å². The zero-order valence-corrected chi connectivity index (χ0v) is 19.9. The Morgan fingerprint density at radius 2 is 1.59 bits per heavy atom. The van der Waals surface area contributed by atoms with Crippen LogP contribution < -0.4 is 0 Å². The van der Waals surface area contributed by atoms with Crippen molar-refractivity contribution >= 4 is 11.9 Å². The first-order valence-corrected chi connectivity index (χ1v) is 11.2. The standard InChI is InChI=1S/C19H26N2O2.2C2HF3O2/c1-20(14-17-3-2-11-23-17)18-4-6-19(18)7-9-21(10-8-19)13-16-5-12-22-15-16;2*3-2(4,5)1(6)7/h2-3,5,11-12,15,18H,4,6-10,13-14H2,1H3;2*(H,6,7). The molecule has 0 radical (unpaired) electrons. The number of alkyl halides is 6. The van der Waals surface area contributed by atoms with E-state index in [0.29, 0.717) is 11.5 Å². The fourth-order valence-corrected chi connectivity index (χ4v) is 4.51. The first-order valence-electron chi connectivity index (χ1n) is 11.2. The van der Waals surface area contributed by atoms with Crippen LogP contribution in [0, 0.1) is 5.41 Å². The molecule has 1 saturated carbocycles. The van der Waals surface area contributed by atoms with E-state index in [-0.39, 0.29) is 0 Å². The molecule has 3 heterocycles. The van der Waals surface area contributed by atoms with Crippen molar-refractivity contribution in [3.8, 4) is 0 Å². The molecule has 0 amide bonds. The van der Waals surface area contributed by atoms with E-state index in [4.69, 9.17) is 28.6 Å². The molecule has 1 atom stereocenters. The van der Waals surface area contributed by atoms with E-state index in [9.17, 15) is 26.3 Å². The van der Waals surface area contributed by atoms with Crippen LogP contribution in [0.4, 0.5) is 26.3 Å². The van der Waals surface area contributed by atoms with E-state index in [1.165, 1.54) is 44.3 Å². The Bertz CT molecular complexity index is 943. The van der Waals surface area contributed by atoms with Gasteiger partial charge in [0.05, 0.1) is 25.3 Å². The second-order valence-corrected chi connectivity index (χ2v) is 8.92. The van der Waals surface area contributed by atoms with Gasteiger partial charge in [-0.15, -0.1) is 0 Å². The van der Waals surface area contributed by atoms with Crippen LogP contribution in [0.1, 0.15) is 37.0 Å². The molecule has 2 N–H and O–H groups in total. The second kappa shape index (κ2) is 12.5. The Morgan fingerprint density at radius 1 is 1.03 bits per heavy atom. The van der Waals surface area contributed by atoms with Crippen LogP contribution in [0.5, 0.6) is 0 Å². The molecule has 0 aromatic carbocycles. The third kappa shape index (κ3) is 9.11. The molecule has 208 valence electrons. The number of piperidine rings is 1. The lowest BCUT2D eigenvalue weighted by Gasteiger charge is -2.57. The monoisotopic (exact) mass is 542 g/mol. The molecule has 1 unspecified atom stereocenters. The molecule has 2 aliphatic rings. The number of rotatable bonds is 5. The molecule has 1 spiro atoms. The third-order valence-electron chi connectivity index (χ3n) is 6.46. The Balaban J connectivity index is 0.000000286. The van der Waals surface area contributed by atoms with Crippen LogP contribution in [0.2, 0.25) is 0 Å². The summed E-state index contributed by atoms with van der Waals surface area (Å²) in [5.74, 6) is -4.44. The summed E-state index contributed by atoms with van der Waals surface area (Å²) >= 11 is 0. The van der Waals surface area contributed by atoms with Crippen molar-refractivity contribution in [2.45, 2.75) is 57.2 Å². The largest absolute Gasteiger partial charge is 0.490 e. The Hall–Kier alpha value is -3.00. The fourth-order valence-electron chi connectivity index (χ4n) is 4.51. The van der Waals surface area contributed by atoms with E-state index in [2.05, 4.69) is 29.0 Å². The lowest BCUT2D eigenvalue weighted by Crippen LogP contribution is -2.57. The van der Waals surface area contributed by atoms with E-state index in [1.807, 2.05) is 12.3 Å². The quantitative estimate of drug-likeness (QED) is 0.508. The SMILES string of the molecule is CN(Cc1ccco1)C1CCC12CCN(Cc1ccoc1)CC2.O=C(O)C(F)(F)F.O=C(O)C(F)(F)F. The number of carbonyl (C=O) groups is 2. The van der Waals surface area contributed by atoms with Gasteiger partial charge in [-0.1, -0.05) is 0 Å². The van der Waals surface area contributed by atoms with E-state index < -0.39 is 24.3 Å². The molecular weight excluding hydrogens is 514 g/mol. The van der Waals surface area contributed by atoms with E-state index in [1.54, 1.807) is 12.5 Å². The lowest BCUT2D eigenvalue weighted by atomic mass is 9.58. The highest BCUT2D eigenvalue weighted by Crippen LogP contribution is 2.51. The summed E-state index contributed by atoms with van der Waals surface area (Å²) in [5, 5.41) is 14.2. The molecule has 1 aliphatic carbocycles. The number of likely N-dealkylation sites (tertiary alicyclic amines) is 1. The third-order valence-corrected chi connectivity index (χ3v) is 6.46. The van der Waals surface area contributed by atoms with Gasteiger partial charge in [0, 0.05) is 18.2 Å². The highest BCUT2D eigenvalue weighted by atomic mass is 19.4. The zero-order valence-electron chi connectivity index (χ0n) is 19.9. The van der Waals surface area contributed by atoms with Crippen LogP contribution in [-0.2, 0) is 22.7 Å². The summed E-state index contributed by atoms with van der Waals surface area (Å²) in [5.41, 5.74) is 1.83. The molecule has 1 aliphatic heterocycles. The number of carboxylic acid groups (broad SMARTS) is 2. The number of carboxylic acids is 2. The molecule has 2 aromatic rings. The Labute approximate surface area is 208 Å². The molecular formula is C23H28F6N2O6. The van der Waals surface area contributed by atoms with Crippen molar-refractivity contribution < 1.29 is 55.0 Å². The van der Waals surface area contributed by atoms with Gasteiger partial charge in [0.1, 0.15) is 5.76 Å². The summed E-state index contributed by atoms with van der Waals surface area (Å²) in [6, 6.07) is 6.85. The second-order valence-electron chi connectivity index (χ2n) is 8.92. The predicted molar refractivity (Wildman–Crippen MR) is 116 cm³/mol. The highest BCUT2D eigenvalue weighted by Gasteiger charge is 2.49. The average Bonchev–Trinajstić information content (AvgIpc) is 3.47. The first kappa shape index (κ1) is 30.2. The molecule has 2 fully saturated rings. The van der Waals surface area contributed by atoms with E-state index >= 15 is 0 Å². The number of aliphatic carboxylic acids is 2. The lowest BCUT2D eigenvalue weighted by molar-refractivity contribution is -0.193. The minimum absolute atomic E-state index is 0.536. The minimum Gasteiger partial charge on any atom is -0.475 e. The van der Waals surface area contributed by atoms with Gasteiger partial charge in [-0.2, -0.15) is 26.3 Å². The predicted octanol–water partition coefficient (Wildman–Crippen LogP) is 5.02. The number of furan rings is 2. The number of halogens is 6. The van der Waals surface area contributed by atoms with Crippen LogP contribution >= 0.6 is 0 Å². The maximum Gasteiger partial charge on any atom is 0.490 e.